The van der Waals surface area contributed by atoms with Crippen molar-refractivity contribution in [2.75, 3.05) is 0 Å². The predicted octanol–water partition coefficient (Wildman–Crippen LogP) is 7.87. The fraction of sp³-hybridized carbons (Fsp3) is 0.417. The minimum atomic E-state index is -2.31. The topological polar surface area (TPSA) is 75.3 Å². The maximum atomic E-state index is 13.3. The molecular formula is C36H45NO6Si. The van der Waals surface area contributed by atoms with E-state index in [-0.39, 0.29) is 11.6 Å². The molecule has 2 aliphatic rings. The van der Waals surface area contributed by atoms with Gasteiger partial charge >= 0.3 is 6.09 Å². The number of ether oxygens (including phenoxy) is 4. The van der Waals surface area contributed by atoms with Gasteiger partial charge in [-0.15, -0.1) is 0 Å². The number of carbonyl (C=O) groups excluding carboxylic acids is 1. The summed E-state index contributed by atoms with van der Waals surface area (Å²) in [6.07, 6.45) is 0.120. The summed E-state index contributed by atoms with van der Waals surface area (Å²) < 4.78 is 32.2. The molecule has 4 atom stereocenters. The molecule has 8 heteroatoms. The van der Waals surface area contributed by atoms with Gasteiger partial charge < -0.3 is 28.7 Å². The molecule has 7 nitrogen and oxygen atoms in total. The summed E-state index contributed by atoms with van der Waals surface area (Å²) in [7, 11) is -2.31. The molecule has 1 aliphatic heterocycles. The van der Waals surface area contributed by atoms with Crippen LogP contribution in [0.25, 0.3) is 5.57 Å². The Morgan fingerprint density at radius 1 is 0.864 bits per heavy atom. The van der Waals surface area contributed by atoms with Gasteiger partial charge in [-0.1, -0.05) is 106 Å². The Morgan fingerprint density at radius 2 is 1.45 bits per heavy atom. The second-order valence-electron chi connectivity index (χ2n) is 13.5. The van der Waals surface area contributed by atoms with Crippen LogP contribution in [-0.2, 0) is 31.9 Å². The van der Waals surface area contributed by atoms with E-state index in [1.165, 1.54) is 0 Å². The van der Waals surface area contributed by atoms with Crippen LogP contribution in [0, 0.1) is 0 Å². The number of hydrogen-bond donors (Lipinski definition) is 1. The second kappa shape index (κ2) is 12.9. The summed E-state index contributed by atoms with van der Waals surface area (Å²) in [5, 5.41) is 3.06. The van der Waals surface area contributed by atoms with Gasteiger partial charge in [-0.25, -0.2) is 4.79 Å². The van der Waals surface area contributed by atoms with Crippen molar-refractivity contribution in [3.05, 3.63) is 108 Å². The third-order valence-electron chi connectivity index (χ3n) is 8.64. The molecular weight excluding hydrogens is 570 g/mol. The predicted molar refractivity (Wildman–Crippen MR) is 175 cm³/mol. The van der Waals surface area contributed by atoms with Gasteiger partial charge in [-0.2, -0.15) is 0 Å². The Hall–Kier alpha value is -3.43. The highest BCUT2D eigenvalue weighted by Gasteiger charge is 2.55. The first-order chi connectivity index (χ1) is 20.8. The lowest BCUT2D eigenvalue weighted by Gasteiger charge is -2.45. The van der Waals surface area contributed by atoms with Gasteiger partial charge in [-0.3, -0.25) is 0 Å². The lowest BCUT2D eigenvalue weighted by Crippen LogP contribution is -2.59. The summed E-state index contributed by atoms with van der Waals surface area (Å²) in [4.78, 5) is 13.3. The van der Waals surface area contributed by atoms with Crippen LogP contribution in [-0.4, -0.2) is 44.6 Å². The van der Waals surface area contributed by atoms with Gasteiger partial charge in [0.1, 0.15) is 31.2 Å². The van der Waals surface area contributed by atoms with Crippen molar-refractivity contribution in [3.63, 3.8) is 0 Å². The Kier molecular flexibility index (Phi) is 9.37. The molecule has 44 heavy (non-hydrogen) atoms. The molecule has 0 aromatic heterocycles. The minimum absolute atomic E-state index is 0.0578. The van der Waals surface area contributed by atoms with E-state index in [1.54, 1.807) is 0 Å². The Balaban J connectivity index is 1.50. The van der Waals surface area contributed by atoms with E-state index in [1.807, 2.05) is 105 Å². The first-order valence-corrected chi connectivity index (χ1v) is 18.2. The molecule has 1 aliphatic carbocycles. The van der Waals surface area contributed by atoms with Gasteiger partial charge in [0.15, 0.2) is 14.1 Å². The average Bonchev–Trinajstić information content (AvgIpc) is 3.32. The number of rotatable bonds is 9. The SMILES string of the molecule is CC1(C)O[C@H]2[C@H](O[Si](C)(C)C(C)(C)C)[C@H](NC(=O)OCc3ccccc3)C=C(c3ccccc3OCc3ccccc3)[C@H]2O1. The first-order valence-electron chi connectivity index (χ1n) is 15.3. The van der Waals surface area contributed by atoms with Crippen molar-refractivity contribution >= 4 is 20.0 Å². The van der Waals surface area contributed by atoms with Crippen molar-refractivity contribution < 1.29 is 28.2 Å². The number of nitrogens with one attached hydrogen (secondary N) is 1. The monoisotopic (exact) mass is 615 g/mol. The average molecular weight is 616 g/mol. The molecule has 234 valence electrons. The zero-order chi connectivity index (χ0) is 31.5. The van der Waals surface area contributed by atoms with Crippen LogP contribution in [0.15, 0.2) is 91.0 Å². The molecule has 0 radical (unpaired) electrons. The molecule has 1 fully saturated rings. The highest BCUT2D eigenvalue weighted by Crippen LogP contribution is 2.46. The second-order valence-corrected chi connectivity index (χ2v) is 18.2. The van der Waals surface area contributed by atoms with Crippen LogP contribution < -0.4 is 10.1 Å². The van der Waals surface area contributed by atoms with Crippen LogP contribution >= 0.6 is 0 Å². The minimum Gasteiger partial charge on any atom is -0.488 e. The van der Waals surface area contributed by atoms with Crippen molar-refractivity contribution in [1.82, 2.24) is 5.32 Å². The zero-order valence-corrected chi connectivity index (χ0v) is 27.8. The Bertz CT molecular complexity index is 1450. The Morgan fingerprint density at radius 3 is 2.09 bits per heavy atom. The van der Waals surface area contributed by atoms with Crippen LogP contribution in [0.4, 0.5) is 4.79 Å². The van der Waals surface area contributed by atoms with Crippen molar-refractivity contribution in [1.29, 1.82) is 0 Å². The van der Waals surface area contributed by atoms with E-state index in [4.69, 9.17) is 23.4 Å². The number of carbonyl (C=O) groups is 1. The maximum Gasteiger partial charge on any atom is 0.408 e. The van der Waals surface area contributed by atoms with Crippen LogP contribution in [0.5, 0.6) is 5.75 Å². The number of para-hydroxylation sites is 1. The van der Waals surface area contributed by atoms with E-state index in [0.29, 0.717) is 6.61 Å². The molecule has 0 saturated carbocycles. The van der Waals surface area contributed by atoms with Gasteiger partial charge in [0.25, 0.3) is 0 Å². The van der Waals surface area contributed by atoms with Crippen LogP contribution in [0.1, 0.15) is 51.3 Å². The largest absolute Gasteiger partial charge is 0.488 e. The molecule has 3 aromatic carbocycles. The fourth-order valence-electron chi connectivity index (χ4n) is 5.35. The highest BCUT2D eigenvalue weighted by atomic mass is 28.4. The molecule has 5 rings (SSSR count). The third kappa shape index (κ3) is 7.43. The molecule has 0 unspecified atom stereocenters. The van der Waals surface area contributed by atoms with Gasteiger partial charge in [0.2, 0.25) is 0 Å². The molecule has 1 amide bonds. The van der Waals surface area contributed by atoms with E-state index in [2.05, 4.69) is 39.2 Å². The zero-order valence-electron chi connectivity index (χ0n) is 26.8. The number of alkyl carbamates (subject to hydrolysis) is 1. The maximum absolute atomic E-state index is 13.3. The van der Waals surface area contributed by atoms with Gasteiger partial charge in [0, 0.05) is 5.56 Å². The van der Waals surface area contributed by atoms with Crippen LogP contribution in [0.3, 0.4) is 0 Å². The lowest BCUT2D eigenvalue weighted by molar-refractivity contribution is -0.152. The van der Waals surface area contributed by atoms with E-state index in [9.17, 15) is 4.79 Å². The smallest absolute Gasteiger partial charge is 0.408 e. The quantitative estimate of drug-likeness (QED) is 0.247. The van der Waals surface area contributed by atoms with E-state index < -0.39 is 44.6 Å². The molecule has 1 saturated heterocycles. The Labute approximate surface area is 262 Å². The number of benzene rings is 3. The summed E-state index contributed by atoms with van der Waals surface area (Å²) >= 11 is 0. The van der Waals surface area contributed by atoms with Crippen molar-refractivity contribution in [2.24, 2.45) is 0 Å². The van der Waals surface area contributed by atoms with Crippen molar-refractivity contribution in [2.45, 2.75) is 96.1 Å². The van der Waals surface area contributed by atoms with Crippen LogP contribution in [0.2, 0.25) is 18.1 Å². The van der Waals surface area contributed by atoms with E-state index >= 15 is 0 Å². The summed E-state index contributed by atoms with van der Waals surface area (Å²) in [5.74, 6) is -0.129. The summed E-state index contributed by atoms with van der Waals surface area (Å²) in [6.45, 7) is 15.4. The highest BCUT2D eigenvalue weighted by molar-refractivity contribution is 6.74. The summed E-state index contributed by atoms with van der Waals surface area (Å²) in [5.41, 5.74) is 3.75. The normalized spacial score (nSPS) is 22.9. The van der Waals surface area contributed by atoms with Gasteiger partial charge in [-0.05, 0) is 54.7 Å². The summed E-state index contributed by atoms with van der Waals surface area (Å²) in [6, 6.07) is 27.1. The molecule has 3 aromatic rings. The number of hydrogen-bond acceptors (Lipinski definition) is 6. The first kappa shape index (κ1) is 32.0. The fourth-order valence-corrected chi connectivity index (χ4v) is 6.66. The molecule has 1 heterocycles. The third-order valence-corrected chi connectivity index (χ3v) is 13.1. The number of fused-ring (bicyclic) bond motifs is 1. The van der Waals surface area contributed by atoms with E-state index in [0.717, 1.165) is 28.0 Å². The number of amides is 1. The molecule has 0 bridgehead atoms. The standard InChI is InChI=1S/C36H45NO6Si/c1-35(2,3)44(6,7)43-32-29(37-34(38)40-24-26-18-12-9-13-19-26)22-28(31-33(32)42-36(4,5)41-31)27-20-14-15-21-30(27)39-23-25-16-10-8-11-17-25/h8-22,29,31-33H,23-24H2,1-7H3,(H,37,38)/t29-,31-,32-,33-/m1/s1. The lowest BCUT2D eigenvalue weighted by atomic mass is 9.84. The molecule has 1 N–H and O–H groups in total. The van der Waals surface area contributed by atoms with Gasteiger partial charge in [0.05, 0.1) is 12.1 Å². The van der Waals surface area contributed by atoms with Crippen molar-refractivity contribution in [3.8, 4) is 5.75 Å². The molecule has 0 spiro atoms.